The van der Waals surface area contributed by atoms with Crippen LogP contribution in [0.5, 0.6) is 0 Å². The van der Waals surface area contributed by atoms with Gasteiger partial charge >= 0.3 is 6.18 Å². The van der Waals surface area contributed by atoms with E-state index in [4.69, 9.17) is 5.26 Å². The highest BCUT2D eigenvalue weighted by Crippen LogP contribution is 2.31. The van der Waals surface area contributed by atoms with Crippen LogP contribution in [-0.2, 0) is 11.0 Å². The van der Waals surface area contributed by atoms with Crippen LogP contribution in [0.2, 0.25) is 0 Å². The van der Waals surface area contributed by atoms with Crippen molar-refractivity contribution in [2.45, 2.75) is 12.6 Å². The lowest BCUT2D eigenvalue weighted by Crippen LogP contribution is -2.14. The van der Waals surface area contributed by atoms with Gasteiger partial charge in [0.1, 0.15) is 12.1 Å². The minimum absolute atomic E-state index is 0.0694. The number of rotatable bonds is 3. The second kappa shape index (κ2) is 5.35. The molecule has 2 N–H and O–H groups in total. The van der Waals surface area contributed by atoms with E-state index in [2.05, 4.69) is 15.6 Å². The first-order chi connectivity index (χ1) is 8.38. The molecule has 0 aliphatic carbocycles. The van der Waals surface area contributed by atoms with Crippen molar-refractivity contribution in [3.8, 4) is 6.07 Å². The highest BCUT2D eigenvalue weighted by Gasteiger charge is 2.33. The molecule has 0 saturated heterocycles. The van der Waals surface area contributed by atoms with Crippen molar-refractivity contribution in [1.29, 1.82) is 5.26 Å². The molecule has 1 heterocycles. The fourth-order valence-electron chi connectivity index (χ4n) is 1.18. The van der Waals surface area contributed by atoms with Crippen molar-refractivity contribution in [3.05, 3.63) is 18.0 Å². The van der Waals surface area contributed by atoms with E-state index in [-0.39, 0.29) is 11.4 Å². The first kappa shape index (κ1) is 13.8. The van der Waals surface area contributed by atoms with Crippen LogP contribution in [0.1, 0.15) is 12.1 Å². The van der Waals surface area contributed by atoms with Crippen LogP contribution >= 0.6 is 0 Å². The summed E-state index contributed by atoms with van der Waals surface area (Å²) in [6.45, 7) is 0. The van der Waals surface area contributed by atoms with Gasteiger partial charge in [-0.3, -0.25) is 4.79 Å². The van der Waals surface area contributed by atoms with Gasteiger partial charge in [0.05, 0.1) is 23.6 Å². The zero-order chi connectivity index (χ0) is 13.8. The summed E-state index contributed by atoms with van der Waals surface area (Å²) in [5.41, 5.74) is -0.955. The lowest BCUT2D eigenvalue weighted by Gasteiger charge is -2.12. The van der Waals surface area contributed by atoms with E-state index in [9.17, 15) is 18.0 Å². The molecule has 0 fully saturated rings. The summed E-state index contributed by atoms with van der Waals surface area (Å²) in [5, 5.41) is 13.1. The number of aromatic nitrogens is 1. The Hall–Kier alpha value is -2.30. The lowest BCUT2D eigenvalue weighted by molar-refractivity contribution is -0.141. The normalized spacial score (nSPS) is 10.6. The molecule has 0 aliphatic heterocycles. The van der Waals surface area contributed by atoms with E-state index in [0.29, 0.717) is 6.07 Å². The summed E-state index contributed by atoms with van der Waals surface area (Å²) >= 11 is 0. The number of hydrogen-bond acceptors (Lipinski definition) is 4. The molecule has 96 valence electrons. The molecule has 0 radical (unpaired) electrons. The predicted octanol–water partition coefficient (Wildman–Crippen LogP) is 1.99. The number of nitrogens with one attached hydrogen (secondary N) is 2. The molecular formula is C10H9F3N4O. The minimum Gasteiger partial charge on any atom is -0.385 e. The molecule has 0 aliphatic rings. The van der Waals surface area contributed by atoms with Gasteiger partial charge in [-0.2, -0.15) is 18.4 Å². The van der Waals surface area contributed by atoms with Gasteiger partial charge in [-0.25, -0.2) is 4.98 Å². The molecule has 1 aromatic heterocycles. The quantitative estimate of drug-likeness (QED) is 0.869. The van der Waals surface area contributed by atoms with Gasteiger partial charge in [0, 0.05) is 7.05 Å². The van der Waals surface area contributed by atoms with E-state index in [1.807, 2.05) is 0 Å². The molecule has 0 bridgehead atoms. The average Bonchev–Trinajstić information content (AvgIpc) is 2.28. The number of carbonyl (C=O) groups is 1. The van der Waals surface area contributed by atoms with Crippen LogP contribution in [0.15, 0.2) is 12.3 Å². The number of alkyl halides is 3. The van der Waals surface area contributed by atoms with Crippen molar-refractivity contribution < 1.29 is 18.0 Å². The number of nitriles is 1. The molecular weight excluding hydrogens is 249 g/mol. The number of anilines is 2. The molecule has 0 saturated carbocycles. The molecule has 5 nitrogen and oxygen atoms in total. The lowest BCUT2D eigenvalue weighted by atomic mass is 10.2. The van der Waals surface area contributed by atoms with Gasteiger partial charge in [-0.1, -0.05) is 0 Å². The first-order valence-electron chi connectivity index (χ1n) is 4.80. The first-order valence-corrected chi connectivity index (χ1v) is 4.80. The predicted molar refractivity (Wildman–Crippen MR) is 57.6 cm³/mol. The zero-order valence-corrected chi connectivity index (χ0v) is 9.30. The molecule has 1 rings (SSSR count). The molecule has 0 unspecified atom stereocenters. The standard InChI is InChI=1S/C10H9F3N4O/c1-15-7-5-16-8(10(11,12)13)4-6(7)17-9(18)2-3-14/h4-5,15H,2H2,1H3,(H,16,17,18). The maximum absolute atomic E-state index is 12.4. The van der Waals surface area contributed by atoms with E-state index in [0.717, 1.165) is 6.20 Å². The number of nitrogens with zero attached hydrogens (tertiary/aromatic N) is 2. The number of hydrogen-bond donors (Lipinski definition) is 2. The maximum atomic E-state index is 12.4. The third-order valence-electron chi connectivity index (χ3n) is 1.98. The van der Waals surface area contributed by atoms with Crippen molar-refractivity contribution >= 4 is 17.3 Å². The van der Waals surface area contributed by atoms with Crippen molar-refractivity contribution in [1.82, 2.24) is 4.98 Å². The number of pyridine rings is 1. The third kappa shape index (κ3) is 3.35. The molecule has 1 amide bonds. The Bertz CT molecular complexity index is 493. The largest absolute Gasteiger partial charge is 0.433 e. The molecule has 0 aromatic carbocycles. The highest BCUT2D eigenvalue weighted by molar-refractivity contribution is 5.95. The SMILES string of the molecule is CNc1cnc(C(F)(F)F)cc1NC(=O)CC#N. The van der Waals surface area contributed by atoms with Gasteiger partial charge in [-0.15, -0.1) is 0 Å². The van der Waals surface area contributed by atoms with Gasteiger partial charge < -0.3 is 10.6 Å². The fraction of sp³-hybridized carbons (Fsp3) is 0.300. The molecule has 8 heteroatoms. The van der Waals surface area contributed by atoms with E-state index in [1.54, 1.807) is 6.07 Å². The Morgan fingerprint density at radius 2 is 2.17 bits per heavy atom. The summed E-state index contributed by atoms with van der Waals surface area (Å²) in [6.07, 6.45) is -4.07. The number of amides is 1. The maximum Gasteiger partial charge on any atom is 0.433 e. The average molecular weight is 258 g/mol. The van der Waals surface area contributed by atoms with Crippen LogP contribution in [0.25, 0.3) is 0 Å². The second-order valence-electron chi connectivity index (χ2n) is 3.25. The van der Waals surface area contributed by atoms with Gasteiger partial charge in [-0.05, 0) is 6.07 Å². The number of halogens is 3. The minimum atomic E-state index is -4.60. The molecule has 1 aromatic rings. The number of carbonyl (C=O) groups excluding carboxylic acids is 1. The zero-order valence-electron chi connectivity index (χ0n) is 9.30. The monoisotopic (exact) mass is 258 g/mol. The van der Waals surface area contributed by atoms with Crippen molar-refractivity contribution in [2.24, 2.45) is 0 Å². The summed E-state index contributed by atoms with van der Waals surface area (Å²) in [4.78, 5) is 14.4. The summed E-state index contributed by atoms with van der Waals surface area (Å²) in [5.74, 6) is -0.687. The van der Waals surface area contributed by atoms with Crippen LogP contribution in [-0.4, -0.2) is 17.9 Å². The van der Waals surface area contributed by atoms with Gasteiger partial charge in [0.15, 0.2) is 0 Å². The van der Waals surface area contributed by atoms with Crippen LogP contribution < -0.4 is 10.6 Å². The van der Waals surface area contributed by atoms with Crippen molar-refractivity contribution in [2.75, 3.05) is 17.7 Å². The van der Waals surface area contributed by atoms with Crippen LogP contribution in [0.3, 0.4) is 0 Å². The van der Waals surface area contributed by atoms with E-state index < -0.39 is 24.2 Å². The third-order valence-corrected chi connectivity index (χ3v) is 1.98. The summed E-state index contributed by atoms with van der Waals surface area (Å²) < 4.78 is 37.3. The van der Waals surface area contributed by atoms with E-state index >= 15 is 0 Å². The second-order valence-corrected chi connectivity index (χ2v) is 3.25. The Labute approximate surface area is 101 Å². The molecule has 0 spiro atoms. The van der Waals surface area contributed by atoms with E-state index in [1.165, 1.54) is 7.05 Å². The van der Waals surface area contributed by atoms with Crippen LogP contribution in [0.4, 0.5) is 24.5 Å². The topological polar surface area (TPSA) is 77.8 Å². The Morgan fingerprint density at radius 1 is 1.50 bits per heavy atom. The smallest absolute Gasteiger partial charge is 0.385 e. The Kier molecular flexibility index (Phi) is 4.09. The van der Waals surface area contributed by atoms with Crippen molar-refractivity contribution in [3.63, 3.8) is 0 Å². The van der Waals surface area contributed by atoms with Gasteiger partial charge in [0.25, 0.3) is 0 Å². The molecule has 18 heavy (non-hydrogen) atoms. The Balaban J connectivity index is 3.07. The van der Waals surface area contributed by atoms with Crippen LogP contribution in [0, 0.1) is 11.3 Å². The summed E-state index contributed by atoms with van der Waals surface area (Å²) in [7, 11) is 1.48. The molecule has 0 atom stereocenters. The summed E-state index contributed by atoms with van der Waals surface area (Å²) in [6, 6.07) is 2.31. The highest BCUT2D eigenvalue weighted by atomic mass is 19.4. The van der Waals surface area contributed by atoms with Gasteiger partial charge in [0.2, 0.25) is 5.91 Å². The Morgan fingerprint density at radius 3 is 2.67 bits per heavy atom. The fourth-order valence-corrected chi connectivity index (χ4v) is 1.18.